The van der Waals surface area contributed by atoms with Gasteiger partial charge in [-0.25, -0.2) is 4.79 Å². The lowest BCUT2D eigenvalue weighted by atomic mass is 9.91. The maximum atomic E-state index is 10.8. The van der Waals surface area contributed by atoms with Gasteiger partial charge >= 0.3 is 6.09 Å². The summed E-state index contributed by atoms with van der Waals surface area (Å²) in [6.45, 7) is 6.19. The molecule has 0 bridgehead atoms. The smallest absolute Gasteiger partial charge is 0.404 e. The van der Waals surface area contributed by atoms with Crippen LogP contribution in [0.1, 0.15) is 24.3 Å². The molecule has 0 unspecified atom stereocenters. The number of halogens is 2. The highest BCUT2D eigenvalue weighted by Crippen LogP contribution is 2.31. The van der Waals surface area contributed by atoms with Gasteiger partial charge in [-0.2, -0.15) is 11.8 Å². The van der Waals surface area contributed by atoms with E-state index in [2.05, 4.69) is 26.9 Å². The van der Waals surface area contributed by atoms with E-state index in [0.29, 0.717) is 22.6 Å². The summed E-state index contributed by atoms with van der Waals surface area (Å²) in [6.07, 6.45) is 0.764. The van der Waals surface area contributed by atoms with E-state index in [1.54, 1.807) is 0 Å². The van der Waals surface area contributed by atoms with Gasteiger partial charge in [0.2, 0.25) is 0 Å². The van der Waals surface area contributed by atoms with Gasteiger partial charge in [0.1, 0.15) is 0 Å². The fraction of sp³-hybridized carbons (Fsp3) is 0.632. The van der Waals surface area contributed by atoms with Gasteiger partial charge in [0.15, 0.2) is 0 Å². The molecule has 0 saturated carbocycles. The van der Waals surface area contributed by atoms with E-state index < -0.39 is 6.09 Å². The summed E-state index contributed by atoms with van der Waals surface area (Å²) in [5.41, 5.74) is 1.13. The van der Waals surface area contributed by atoms with Crippen LogP contribution in [0.5, 0.6) is 0 Å². The summed E-state index contributed by atoms with van der Waals surface area (Å²) in [5, 5.41) is 12.4. The predicted octanol–water partition coefficient (Wildman–Crippen LogP) is 3.86. The van der Waals surface area contributed by atoms with Crippen molar-refractivity contribution in [1.82, 2.24) is 15.1 Å². The highest BCUT2D eigenvalue weighted by atomic mass is 35.5. The van der Waals surface area contributed by atoms with E-state index in [1.807, 2.05) is 18.2 Å². The zero-order valence-electron chi connectivity index (χ0n) is 15.4. The van der Waals surface area contributed by atoms with Crippen molar-refractivity contribution in [3.8, 4) is 0 Å². The fourth-order valence-corrected chi connectivity index (χ4v) is 5.07. The van der Waals surface area contributed by atoms with E-state index in [1.165, 1.54) is 24.6 Å². The summed E-state index contributed by atoms with van der Waals surface area (Å²) in [4.78, 5) is 15.9. The van der Waals surface area contributed by atoms with Crippen molar-refractivity contribution in [2.24, 2.45) is 0 Å². The molecule has 5 nitrogen and oxygen atoms in total. The molecular formula is C19H27Cl2N3O2S. The molecule has 2 N–H and O–H groups in total. The average molecular weight is 432 g/mol. The quantitative estimate of drug-likeness (QED) is 0.654. The van der Waals surface area contributed by atoms with Crippen LogP contribution in [0.15, 0.2) is 18.2 Å². The Labute approximate surface area is 175 Å². The third-order valence-electron chi connectivity index (χ3n) is 5.48. The highest BCUT2D eigenvalue weighted by Gasteiger charge is 2.32. The number of carboxylic acid groups (broad SMARTS) is 1. The number of amides is 1. The van der Waals surface area contributed by atoms with Crippen LogP contribution < -0.4 is 5.32 Å². The minimum atomic E-state index is -0.979. The molecule has 0 spiro atoms. The van der Waals surface area contributed by atoms with Crippen LogP contribution in [-0.2, 0) is 0 Å². The lowest BCUT2D eigenvalue weighted by Crippen LogP contribution is -2.60. The number of nitrogens with one attached hydrogen (secondary N) is 1. The number of hydrogen-bond acceptors (Lipinski definition) is 4. The van der Waals surface area contributed by atoms with Crippen molar-refractivity contribution < 1.29 is 9.90 Å². The molecule has 2 heterocycles. The lowest BCUT2D eigenvalue weighted by molar-refractivity contribution is 0.0377. The van der Waals surface area contributed by atoms with Gasteiger partial charge in [0.25, 0.3) is 0 Å². The van der Waals surface area contributed by atoms with Crippen LogP contribution in [0.2, 0.25) is 10.0 Å². The van der Waals surface area contributed by atoms with Crippen LogP contribution in [-0.4, -0.2) is 77.8 Å². The summed E-state index contributed by atoms with van der Waals surface area (Å²) >= 11 is 14.3. The largest absolute Gasteiger partial charge is 0.465 e. The third-order valence-corrected chi connectivity index (χ3v) is 7.16. The topological polar surface area (TPSA) is 55.8 Å². The first-order chi connectivity index (χ1) is 13.0. The minimum Gasteiger partial charge on any atom is -0.465 e. The molecule has 0 radical (unpaired) electrons. The number of nitrogens with zero attached hydrogens (tertiary/aromatic N) is 2. The van der Waals surface area contributed by atoms with E-state index in [4.69, 9.17) is 28.3 Å². The van der Waals surface area contributed by atoms with Crippen molar-refractivity contribution in [2.75, 3.05) is 50.8 Å². The van der Waals surface area contributed by atoms with Crippen molar-refractivity contribution in [3.63, 3.8) is 0 Å². The van der Waals surface area contributed by atoms with Gasteiger partial charge in [-0.1, -0.05) is 29.3 Å². The Kier molecular flexibility index (Phi) is 7.97. The Morgan fingerprint density at radius 3 is 2.63 bits per heavy atom. The van der Waals surface area contributed by atoms with Crippen LogP contribution in [0.3, 0.4) is 0 Å². The van der Waals surface area contributed by atoms with Gasteiger partial charge in [-0.15, -0.1) is 0 Å². The Balaban J connectivity index is 1.50. The Morgan fingerprint density at radius 1 is 1.22 bits per heavy atom. The molecule has 3 rings (SSSR count). The molecule has 2 aliphatic heterocycles. The number of benzene rings is 1. The van der Waals surface area contributed by atoms with Crippen LogP contribution in [0.25, 0.3) is 0 Å². The summed E-state index contributed by atoms with van der Waals surface area (Å²) in [7, 11) is 0. The van der Waals surface area contributed by atoms with Gasteiger partial charge in [0, 0.05) is 50.3 Å². The molecule has 2 aliphatic rings. The standard InChI is InChI=1S/C19H27Cl2N3O2S/c20-17-2-1-15(11-18(17)21)14(3-5-22-19(25)26)4-6-23-12-16(13-23)24-7-9-27-10-8-24/h1-2,11,14,16,22H,3-10,12-13H2,(H,25,26)/t14-/m0/s1. The average Bonchev–Trinajstić information content (AvgIpc) is 2.62. The number of rotatable bonds is 8. The van der Waals surface area contributed by atoms with Crippen molar-refractivity contribution in [3.05, 3.63) is 33.8 Å². The highest BCUT2D eigenvalue weighted by molar-refractivity contribution is 7.99. The van der Waals surface area contributed by atoms with Crippen molar-refractivity contribution >= 4 is 41.1 Å². The third kappa shape index (κ3) is 6.16. The summed E-state index contributed by atoms with van der Waals surface area (Å²) < 4.78 is 0. The van der Waals surface area contributed by atoms with E-state index in [-0.39, 0.29) is 5.92 Å². The molecule has 2 saturated heterocycles. The van der Waals surface area contributed by atoms with E-state index in [0.717, 1.165) is 38.0 Å². The number of thioether (sulfide) groups is 1. The van der Waals surface area contributed by atoms with E-state index >= 15 is 0 Å². The van der Waals surface area contributed by atoms with Gasteiger partial charge in [-0.05, 0) is 43.0 Å². The Morgan fingerprint density at radius 2 is 1.96 bits per heavy atom. The van der Waals surface area contributed by atoms with Gasteiger partial charge < -0.3 is 15.3 Å². The number of likely N-dealkylation sites (tertiary alicyclic amines) is 1. The van der Waals surface area contributed by atoms with E-state index in [9.17, 15) is 4.79 Å². The Bertz CT molecular complexity index is 637. The van der Waals surface area contributed by atoms with Crippen LogP contribution in [0, 0.1) is 0 Å². The second-order valence-corrected chi connectivity index (χ2v) is 9.28. The van der Waals surface area contributed by atoms with Crippen LogP contribution in [0.4, 0.5) is 4.79 Å². The monoisotopic (exact) mass is 431 g/mol. The van der Waals surface area contributed by atoms with Crippen LogP contribution >= 0.6 is 35.0 Å². The molecule has 0 aromatic heterocycles. The molecule has 1 atom stereocenters. The molecule has 1 aromatic rings. The molecular weight excluding hydrogens is 405 g/mol. The molecule has 1 aromatic carbocycles. The van der Waals surface area contributed by atoms with Gasteiger partial charge in [0.05, 0.1) is 10.0 Å². The second kappa shape index (κ2) is 10.2. The van der Waals surface area contributed by atoms with Crippen molar-refractivity contribution in [1.29, 1.82) is 0 Å². The normalized spacial score (nSPS) is 20.2. The zero-order chi connectivity index (χ0) is 19.2. The molecule has 150 valence electrons. The second-order valence-electron chi connectivity index (χ2n) is 7.24. The maximum Gasteiger partial charge on any atom is 0.404 e. The molecule has 8 heteroatoms. The first-order valence-corrected chi connectivity index (χ1v) is 11.4. The lowest BCUT2D eigenvalue weighted by Gasteiger charge is -2.47. The first kappa shape index (κ1) is 21.1. The number of hydrogen-bond donors (Lipinski definition) is 2. The van der Waals surface area contributed by atoms with Gasteiger partial charge in [-0.3, -0.25) is 4.90 Å². The first-order valence-electron chi connectivity index (χ1n) is 9.49. The summed E-state index contributed by atoms with van der Waals surface area (Å²) in [5.74, 6) is 2.77. The zero-order valence-corrected chi connectivity index (χ0v) is 17.7. The van der Waals surface area contributed by atoms with Crippen molar-refractivity contribution in [2.45, 2.75) is 24.8 Å². The molecule has 0 aliphatic carbocycles. The number of carbonyl (C=O) groups is 1. The SMILES string of the molecule is O=C(O)NCC[C@@H](CCN1CC(N2CCSCC2)C1)c1ccc(Cl)c(Cl)c1. The Hall–Kier alpha value is -0.660. The summed E-state index contributed by atoms with van der Waals surface area (Å²) in [6, 6.07) is 6.46. The molecule has 1 amide bonds. The molecule has 2 fully saturated rings. The predicted molar refractivity (Wildman–Crippen MR) is 114 cm³/mol. The fourth-order valence-electron chi connectivity index (χ4n) is 3.83. The molecule has 27 heavy (non-hydrogen) atoms. The maximum absolute atomic E-state index is 10.8. The minimum absolute atomic E-state index is 0.261.